The standard InChI is InChI=1S/2C26H24N6/c2*1-19-15-21(9-11-23(19)31-16-20(2)28-18-31)10-12-24-29-25-26(17-27,13-6-14-32(25)30-24)22-7-4-3-5-8-22/h2*3-5,7-12,15-16,18H,6,13-14H2,1-2H3/b2*12-10+/t2*26-/m10/s1. The second-order valence-electron chi connectivity index (χ2n) is 16.6. The number of benzene rings is 4. The van der Waals surface area contributed by atoms with E-state index in [-0.39, 0.29) is 0 Å². The molecule has 0 saturated heterocycles. The molecule has 0 radical (unpaired) electrons. The van der Waals surface area contributed by atoms with Crippen LogP contribution in [0.4, 0.5) is 0 Å². The van der Waals surface area contributed by atoms with Gasteiger partial charge in [-0.15, -0.1) is 0 Å². The maximum atomic E-state index is 10.2. The minimum Gasteiger partial charge on any atom is -0.306 e. The molecule has 2 aliphatic heterocycles. The number of hydrogen-bond donors (Lipinski definition) is 0. The SMILES string of the molecule is Cc1cn(-c2ccc(/C=C/c3nc4n(n3)CCC[C@@]4(C#N)c3ccccc3)cc2C)cn1.Cc1cn(-c2ccc(/C=C/c3nc4n(n3)CCC[C@]4(C#N)c3ccccc3)cc2C)cn1. The van der Waals surface area contributed by atoms with Crippen molar-refractivity contribution in [3.8, 4) is 23.5 Å². The second-order valence-corrected chi connectivity index (χ2v) is 16.6. The van der Waals surface area contributed by atoms with Gasteiger partial charge >= 0.3 is 0 Å². The van der Waals surface area contributed by atoms with Crippen LogP contribution in [0.3, 0.4) is 0 Å². The van der Waals surface area contributed by atoms with Crippen LogP contribution in [0.15, 0.2) is 122 Å². The smallest absolute Gasteiger partial charge is 0.174 e. The summed E-state index contributed by atoms with van der Waals surface area (Å²) >= 11 is 0. The van der Waals surface area contributed by atoms with Crippen LogP contribution in [0.25, 0.3) is 35.7 Å². The fourth-order valence-electron chi connectivity index (χ4n) is 8.94. The van der Waals surface area contributed by atoms with Crippen molar-refractivity contribution in [3.05, 3.63) is 190 Å². The minimum absolute atomic E-state index is 0.629. The van der Waals surface area contributed by atoms with Crippen LogP contribution in [0, 0.1) is 50.4 Å². The summed E-state index contributed by atoms with van der Waals surface area (Å²) in [5.41, 5.74) is 9.14. The number of aromatic nitrogens is 10. The Morgan fingerprint density at radius 3 is 1.33 bits per heavy atom. The fraction of sp³-hybridized carbons (Fsp3) is 0.231. The van der Waals surface area contributed by atoms with Gasteiger partial charge in [0.05, 0.1) is 36.2 Å². The summed E-state index contributed by atoms with van der Waals surface area (Å²) in [6.07, 6.45) is 18.9. The van der Waals surface area contributed by atoms with Crippen LogP contribution in [-0.4, -0.2) is 48.6 Å². The lowest BCUT2D eigenvalue weighted by atomic mass is 9.75. The molecule has 2 aliphatic rings. The molecule has 0 saturated carbocycles. The average molecular weight is 841 g/mol. The molecule has 8 aromatic rings. The largest absolute Gasteiger partial charge is 0.306 e. The molecule has 12 nitrogen and oxygen atoms in total. The third-order valence-corrected chi connectivity index (χ3v) is 12.2. The molecule has 12 heteroatoms. The summed E-state index contributed by atoms with van der Waals surface area (Å²) in [4.78, 5) is 18.2. The molecule has 64 heavy (non-hydrogen) atoms. The molecule has 0 N–H and O–H groups in total. The lowest BCUT2D eigenvalue weighted by Crippen LogP contribution is -2.34. The van der Waals surface area contributed by atoms with E-state index in [1.807, 2.05) is 142 Å². The number of imidazole rings is 2. The molecule has 0 spiro atoms. The summed E-state index contributed by atoms with van der Waals surface area (Å²) < 4.78 is 7.87. The van der Waals surface area contributed by atoms with Crippen molar-refractivity contribution < 1.29 is 0 Å². The minimum atomic E-state index is -0.750. The van der Waals surface area contributed by atoms with Crippen molar-refractivity contribution >= 4 is 24.3 Å². The molecule has 0 fully saturated rings. The maximum absolute atomic E-state index is 10.2. The van der Waals surface area contributed by atoms with Crippen molar-refractivity contribution in [3.63, 3.8) is 0 Å². The molecule has 0 unspecified atom stereocenters. The maximum Gasteiger partial charge on any atom is 0.174 e. The van der Waals surface area contributed by atoms with Crippen molar-refractivity contribution in [1.82, 2.24) is 48.6 Å². The van der Waals surface area contributed by atoms with Crippen molar-refractivity contribution in [2.24, 2.45) is 0 Å². The van der Waals surface area contributed by atoms with Gasteiger partial charge in [0, 0.05) is 36.9 Å². The van der Waals surface area contributed by atoms with E-state index < -0.39 is 10.8 Å². The number of fused-ring (bicyclic) bond motifs is 2. The molecular formula is C52H48N12. The first-order valence-corrected chi connectivity index (χ1v) is 21.6. The average Bonchev–Trinajstić information content (AvgIpc) is 4.15. The summed E-state index contributed by atoms with van der Waals surface area (Å²) in [5, 5.41) is 29.7. The van der Waals surface area contributed by atoms with Crippen LogP contribution in [-0.2, 0) is 23.9 Å². The van der Waals surface area contributed by atoms with Gasteiger partial charge in [-0.3, -0.25) is 0 Å². The second kappa shape index (κ2) is 17.4. The molecular weight excluding hydrogens is 793 g/mol. The Labute approximate surface area is 373 Å². The van der Waals surface area contributed by atoms with Gasteiger partial charge in [-0.2, -0.15) is 20.7 Å². The van der Waals surface area contributed by atoms with E-state index in [1.165, 1.54) is 0 Å². The molecule has 0 amide bonds. The third kappa shape index (κ3) is 7.98. The lowest BCUT2D eigenvalue weighted by molar-refractivity contribution is 0.393. The van der Waals surface area contributed by atoms with Gasteiger partial charge in [0.2, 0.25) is 0 Å². The van der Waals surface area contributed by atoms with E-state index in [0.29, 0.717) is 11.6 Å². The number of nitrogens with zero attached hydrogens (tertiary/aromatic N) is 12. The lowest BCUT2D eigenvalue weighted by Gasteiger charge is -2.30. The Morgan fingerprint density at radius 2 is 0.969 bits per heavy atom. The van der Waals surface area contributed by atoms with E-state index in [2.05, 4.69) is 82.5 Å². The quantitative estimate of drug-likeness (QED) is 0.147. The fourth-order valence-corrected chi connectivity index (χ4v) is 8.94. The van der Waals surface area contributed by atoms with E-state index >= 15 is 0 Å². The van der Waals surface area contributed by atoms with E-state index in [4.69, 9.17) is 9.97 Å². The monoisotopic (exact) mass is 840 g/mol. The predicted octanol–water partition coefficient (Wildman–Crippen LogP) is 9.71. The van der Waals surface area contributed by atoms with Crippen LogP contribution < -0.4 is 0 Å². The summed E-state index contributed by atoms with van der Waals surface area (Å²) in [5.74, 6) is 2.73. The molecule has 6 heterocycles. The normalized spacial score (nSPS) is 17.9. The highest BCUT2D eigenvalue weighted by molar-refractivity contribution is 5.69. The first-order chi connectivity index (χ1) is 31.2. The zero-order chi connectivity index (χ0) is 44.3. The zero-order valence-electron chi connectivity index (χ0n) is 36.5. The molecule has 4 aromatic carbocycles. The van der Waals surface area contributed by atoms with Gasteiger partial charge in [-0.05, 0) is 123 Å². The molecule has 10 rings (SSSR count). The highest BCUT2D eigenvalue weighted by atomic mass is 15.4. The molecule has 4 aromatic heterocycles. The van der Waals surface area contributed by atoms with Gasteiger partial charge in [-0.25, -0.2) is 29.3 Å². The van der Waals surface area contributed by atoms with Gasteiger partial charge < -0.3 is 9.13 Å². The predicted molar refractivity (Wildman–Crippen MR) is 248 cm³/mol. The molecule has 0 aliphatic carbocycles. The summed E-state index contributed by atoms with van der Waals surface area (Å²) in [6, 6.07) is 37.6. The van der Waals surface area contributed by atoms with Gasteiger partial charge in [0.1, 0.15) is 10.8 Å². The Kier molecular flexibility index (Phi) is 11.3. The Balaban J connectivity index is 0.000000162. The number of rotatable bonds is 8. The number of aryl methyl sites for hydroxylation is 6. The Morgan fingerprint density at radius 1 is 0.547 bits per heavy atom. The van der Waals surface area contributed by atoms with Crippen molar-refractivity contribution in [1.29, 1.82) is 10.5 Å². The zero-order valence-corrected chi connectivity index (χ0v) is 36.5. The van der Waals surface area contributed by atoms with Crippen LogP contribution in [0.1, 0.15) is 93.7 Å². The van der Waals surface area contributed by atoms with Gasteiger partial charge in [0.15, 0.2) is 23.3 Å². The Hall–Kier alpha value is -7.96. The number of nitriles is 2. The summed E-state index contributed by atoms with van der Waals surface area (Å²) in [7, 11) is 0. The van der Waals surface area contributed by atoms with Crippen LogP contribution in [0.2, 0.25) is 0 Å². The highest BCUT2D eigenvalue weighted by Crippen LogP contribution is 2.40. The third-order valence-electron chi connectivity index (χ3n) is 12.2. The van der Waals surface area contributed by atoms with Crippen LogP contribution in [0.5, 0.6) is 0 Å². The van der Waals surface area contributed by atoms with E-state index in [9.17, 15) is 10.5 Å². The van der Waals surface area contributed by atoms with E-state index in [0.717, 1.165) is 107 Å². The van der Waals surface area contributed by atoms with E-state index in [1.54, 1.807) is 0 Å². The van der Waals surface area contributed by atoms with Gasteiger partial charge in [0.25, 0.3) is 0 Å². The van der Waals surface area contributed by atoms with Gasteiger partial charge in [-0.1, -0.05) is 84.9 Å². The highest BCUT2D eigenvalue weighted by Gasteiger charge is 2.43. The topological polar surface area (TPSA) is 145 Å². The summed E-state index contributed by atoms with van der Waals surface area (Å²) in [6.45, 7) is 9.72. The van der Waals surface area contributed by atoms with Crippen LogP contribution >= 0.6 is 0 Å². The van der Waals surface area contributed by atoms with Crippen molar-refractivity contribution in [2.75, 3.05) is 0 Å². The molecule has 2 atom stereocenters. The first-order valence-electron chi connectivity index (χ1n) is 21.6. The number of hydrogen-bond acceptors (Lipinski definition) is 8. The molecule has 0 bridgehead atoms. The molecule has 316 valence electrons. The first kappa shape index (κ1) is 41.4. The van der Waals surface area contributed by atoms with Crippen molar-refractivity contribution in [2.45, 2.75) is 77.3 Å². The Bertz CT molecular complexity index is 2890.